The monoisotopic (exact) mass is 311 g/mol. The first kappa shape index (κ1) is 15.2. The Morgan fingerprint density at radius 1 is 1.04 bits per heavy atom. The zero-order valence-electron chi connectivity index (χ0n) is 13.7. The number of fused-ring (bicyclic) bond motifs is 1. The number of aromatic nitrogens is 2. The van der Waals surface area contributed by atoms with E-state index in [-0.39, 0.29) is 0 Å². The molecule has 0 atom stereocenters. The largest absolute Gasteiger partial charge is 0.493 e. The number of hydrogen-bond donors (Lipinski definition) is 1. The fraction of sp³-hybridized carbons (Fsp3) is 0.278. The standard InChI is InChI=1S/C18H21N3O2/c1-4-21-12-20-15-10-14(6-7-16(15)21)19-11-13-5-8-17(22-2)18(9-13)23-3/h5-10,12,19H,4,11H2,1-3H3. The molecule has 0 bridgehead atoms. The molecule has 0 saturated heterocycles. The van der Waals surface area contributed by atoms with Crippen molar-refractivity contribution in [2.45, 2.75) is 20.0 Å². The molecular formula is C18H21N3O2. The summed E-state index contributed by atoms with van der Waals surface area (Å²) in [5, 5.41) is 3.42. The van der Waals surface area contributed by atoms with Crippen LogP contribution in [0, 0.1) is 0 Å². The topological polar surface area (TPSA) is 48.3 Å². The molecule has 3 aromatic rings. The third-order valence-electron chi connectivity index (χ3n) is 3.91. The van der Waals surface area contributed by atoms with Gasteiger partial charge in [-0.3, -0.25) is 0 Å². The second-order valence-electron chi connectivity index (χ2n) is 5.28. The highest BCUT2D eigenvalue weighted by atomic mass is 16.5. The highest BCUT2D eigenvalue weighted by Gasteiger charge is 2.05. The first-order valence-corrected chi connectivity index (χ1v) is 7.64. The predicted octanol–water partition coefficient (Wildman–Crippen LogP) is 3.69. The molecule has 5 nitrogen and oxygen atoms in total. The Kier molecular flexibility index (Phi) is 4.37. The lowest BCUT2D eigenvalue weighted by molar-refractivity contribution is 0.354. The molecule has 0 fully saturated rings. The first-order chi connectivity index (χ1) is 11.2. The van der Waals surface area contributed by atoms with Crippen LogP contribution in [0.2, 0.25) is 0 Å². The van der Waals surface area contributed by atoms with E-state index in [2.05, 4.69) is 40.0 Å². The van der Waals surface area contributed by atoms with Crippen LogP contribution in [0.1, 0.15) is 12.5 Å². The molecule has 5 heteroatoms. The van der Waals surface area contributed by atoms with E-state index in [4.69, 9.17) is 9.47 Å². The van der Waals surface area contributed by atoms with E-state index in [9.17, 15) is 0 Å². The molecule has 1 heterocycles. The number of benzene rings is 2. The molecule has 2 aromatic carbocycles. The van der Waals surface area contributed by atoms with Crippen molar-refractivity contribution < 1.29 is 9.47 Å². The Bertz CT molecular complexity index is 811. The van der Waals surface area contributed by atoms with E-state index < -0.39 is 0 Å². The van der Waals surface area contributed by atoms with Crippen LogP contribution in [0.25, 0.3) is 11.0 Å². The quantitative estimate of drug-likeness (QED) is 0.754. The van der Waals surface area contributed by atoms with Gasteiger partial charge < -0.3 is 19.4 Å². The zero-order chi connectivity index (χ0) is 16.2. The molecule has 0 radical (unpaired) electrons. The molecule has 0 spiro atoms. The van der Waals surface area contributed by atoms with Gasteiger partial charge in [0.2, 0.25) is 0 Å². The summed E-state index contributed by atoms with van der Waals surface area (Å²) in [6, 6.07) is 12.2. The zero-order valence-corrected chi connectivity index (χ0v) is 13.7. The van der Waals surface area contributed by atoms with Gasteiger partial charge in [0.05, 0.1) is 31.6 Å². The van der Waals surface area contributed by atoms with Gasteiger partial charge in [0, 0.05) is 18.8 Å². The highest BCUT2D eigenvalue weighted by molar-refractivity contribution is 5.79. The van der Waals surface area contributed by atoms with Crippen molar-refractivity contribution >= 4 is 16.7 Å². The number of nitrogens with one attached hydrogen (secondary N) is 1. The molecular weight excluding hydrogens is 290 g/mol. The normalized spacial score (nSPS) is 10.7. The maximum absolute atomic E-state index is 5.34. The molecule has 0 aliphatic heterocycles. The van der Waals surface area contributed by atoms with Gasteiger partial charge in [-0.1, -0.05) is 6.07 Å². The Balaban J connectivity index is 1.75. The van der Waals surface area contributed by atoms with Gasteiger partial charge in [-0.2, -0.15) is 0 Å². The summed E-state index contributed by atoms with van der Waals surface area (Å²) >= 11 is 0. The molecule has 0 amide bonds. The molecule has 1 aromatic heterocycles. The van der Waals surface area contributed by atoms with E-state index in [1.54, 1.807) is 14.2 Å². The summed E-state index contributed by atoms with van der Waals surface area (Å²) in [5.74, 6) is 1.48. The molecule has 120 valence electrons. The van der Waals surface area contributed by atoms with E-state index in [1.807, 2.05) is 24.5 Å². The Hall–Kier alpha value is -2.69. The van der Waals surface area contributed by atoms with E-state index in [0.717, 1.165) is 40.3 Å². The molecule has 0 aliphatic carbocycles. The lowest BCUT2D eigenvalue weighted by atomic mass is 10.2. The third kappa shape index (κ3) is 3.08. The van der Waals surface area contributed by atoms with Crippen molar-refractivity contribution in [3.63, 3.8) is 0 Å². The van der Waals surface area contributed by atoms with Crippen LogP contribution < -0.4 is 14.8 Å². The average Bonchev–Trinajstić information content (AvgIpc) is 3.01. The van der Waals surface area contributed by atoms with Crippen molar-refractivity contribution in [1.82, 2.24) is 9.55 Å². The second kappa shape index (κ2) is 6.60. The smallest absolute Gasteiger partial charge is 0.161 e. The summed E-state index contributed by atoms with van der Waals surface area (Å²) in [4.78, 5) is 4.44. The Morgan fingerprint density at radius 2 is 1.87 bits per heavy atom. The SMILES string of the molecule is CCn1cnc2cc(NCc3ccc(OC)c(OC)c3)ccc21. The van der Waals surface area contributed by atoms with Crippen LogP contribution in [-0.4, -0.2) is 23.8 Å². The highest BCUT2D eigenvalue weighted by Crippen LogP contribution is 2.28. The number of imidazole rings is 1. The van der Waals surface area contributed by atoms with Crippen LogP contribution in [0.15, 0.2) is 42.7 Å². The minimum absolute atomic E-state index is 0.709. The predicted molar refractivity (Wildman–Crippen MR) is 92.3 cm³/mol. The van der Waals surface area contributed by atoms with Crippen LogP contribution in [-0.2, 0) is 13.1 Å². The molecule has 23 heavy (non-hydrogen) atoms. The molecule has 1 N–H and O–H groups in total. The number of ether oxygens (including phenoxy) is 2. The lowest BCUT2D eigenvalue weighted by Gasteiger charge is -2.11. The summed E-state index contributed by atoms with van der Waals surface area (Å²) in [7, 11) is 3.29. The van der Waals surface area contributed by atoms with E-state index in [0.29, 0.717) is 6.54 Å². The summed E-state index contributed by atoms with van der Waals surface area (Å²) < 4.78 is 12.7. The number of anilines is 1. The fourth-order valence-electron chi connectivity index (χ4n) is 2.62. The minimum Gasteiger partial charge on any atom is -0.493 e. The molecule has 0 aliphatic rings. The van der Waals surface area contributed by atoms with Gasteiger partial charge in [0.15, 0.2) is 11.5 Å². The van der Waals surface area contributed by atoms with Gasteiger partial charge in [0.1, 0.15) is 0 Å². The third-order valence-corrected chi connectivity index (χ3v) is 3.91. The summed E-state index contributed by atoms with van der Waals surface area (Å²) in [6.07, 6.45) is 1.88. The number of aryl methyl sites for hydroxylation is 1. The van der Waals surface area contributed by atoms with Gasteiger partial charge in [-0.05, 0) is 42.8 Å². The van der Waals surface area contributed by atoms with Crippen LogP contribution in [0.5, 0.6) is 11.5 Å². The van der Waals surface area contributed by atoms with Crippen molar-refractivity contribution in [2.24, 2.45) is 0 Å². The van der Waals surface area contributed by atoms with Crippen molar-refractivity contribution in [3.8, 4) is 11.5 Å². The van der Waals surface area contributed by atoms with Gasteiger partial charge in [-0.15, -0.1) is 0 Å². The Morgan fingerprint density at radius 3 is 2.61 bits per heavy atom. The number of hydrogen-bond acceptors (Lipinski definition) is 4. The molecule has 0 unspecified atom stereocenters. The summed E-state index contributed by atoms with van der Waals surface area (Å²) in [6.45, 7) is 3.75. The minimum atomic E-state index is 0.709. The maximum Gasteiger partial charge on any atom is 0.161 e. The number of rotatable bonds is 6. The van der Waals surface area contributed by atoms with E-state index >= 15 is 0 Å². The summed E-state index contributed by atoms with van der Waals surface area (Å²) in [5.41, 5.74) is 4.34. The van der Waals surface area contributed by atoms with Crippen molar-refractivity contribution in [3.05, 3.63) is 48.3 Å². The first-order valence-electron chi connectivity index (χ1n) is 7.64. The Labute approximate surface area is 135 Å². The molecule has 3 rings (SSSR count). The van der Waals surface area contributed by atoms with Gasteiger partial charge >= 0.3 is 0 Å². The van der Waals surface area contributed by atoms with Gasteiger partial charge in [0.25, 0.3) is 0 Å². The second-order valence-corrected chi connectivity index (χ2v) is 5.28. The lowest BCUT2D eigenvalue weighted by Crippen LogP contribution is -2.00. The van der Waals surface area contributed by atoms with Crippen LogP contribution >= 0.6 is 0 Å². The van der Waals surface area contributed by atoms with Crippen molar-refractivity contribution in [1.29, 1.82) is 0 Å². The maximum atomic E-state index is 5.34. The fourth-order valence-corrected chi connectivity index (χ4v) is 2.62. The number of nitrogens with zero attached hydrogens (tertiary/aromatic N) is 2. The van der Waals surface area contributed by atoms with Crippen LogP contribution in [0.4, 0.5) is 5.69 Å². The van der Waals surface area contributed by atoms with Crippen molar-refractivity contribution in [2.75, 3.05) is 19.5 Å². The van der Waals surface area contributed by atoms with Crippen LogP contribution in [0.3, 0.4) is 0 Å². The molecule has 0 saturated carbocycles. The average molecular weight is 311 g/mol. The number of methoxy groups -OCH3 is 2. The van der Waals surface area contributed by atoms with E-state index in [1.165, 1.54) is 0 Å². The van der Waals surface area contributed by atoms with Gasteiger partial charge in [-0.25, -0.2) is 4.98 Å².